The number of furan rings is 1. The van der Waals surface area contributed by atoms with Crippen molar-refractivity contribution < 1.29 is 18.7 Å². The second-order valence-corrected chi connectivity index (χ2v) is 7.21. The van der Waals surface area contributed by atoms with Gasteiger partial charge in [0.1, 0.15) is 0 Å². The third kappa shape index (κ3) is 5.55. The summed E-state index contributed by atoms with van der Waals surface area (Å²) in [5.74, 6) is -0.285. The molecule has 2 N–H and O–H groups in total. The Hall–Kier alpha value is -2.90. The van der Waals surface area contributed by atoms with Gasteiger partial charge in [0.05, 0.1) is 22.2 Å². The van der Waals surface area contributed by atoms with Crippen molar-refractivity contribution in [3.63, 3.8) is 0 Å². The van der Waals surface area contributed by atoms with E-state index in [9.17, 15) is 9.59 Å². The third-order valence-corrected chi connectivity index (χ3v) is 5.05. The molecule has 0 spiro atoms. The summed E-state index contributed by atoms with van der Waals surface area (Å²) in [4.78, 5) is 24.7. The molecular formula is C21H22N2O4S. The van der Waals surface area contributed by atoms with Crippen LogP contribution in [0.3, 0.4) is 0 Å². The average Bonchev–Trinajstić information content (AvgIpc) is 3.40. The second kappa shape index (κ2) is 9.87. The van der Waals surface area contributed by atoms with E-state index in [4.69, 9.17) is 9.15 Å². The quantitative estimate of drug-likeness (QED) is 0.521. The van der Waals surface area contributed by atoms with Crippen molar-refractivity contribution in [1.82, 2.24) is 5.32 Å². The van der Waals surface area contributed by atoms with Gasteiger partial charge in [0.15, 0.2) is 5.76 Å². The Morgan fingerprint density at radius 1 is 1.07 bits per heavy atom. The molecule has 0 saturated heterocycles. The number of nitrogens with one attached hydrogen (secondary N) is 2. The van der Waals surface area contributed by atoms with Gasteiger partial charge in [-0.3, -0.25) is 9.59 Å². The van der Waals surface area contributed by atoms with Gasteiger partial charge in [-0.1, -0.05) is 30.3 Å². The number of anilines is 1. The van der Waals surface area contributed by atoms with Crippen molar-refractivity contribution in [1.29, 1.82) is 0 Å². The molecule has 0 saturated carbocycles. The fourth-order valence-electron chi connectivity index (χ4n) is 2.55. The van der Waals surface area contributed by atoms with E-state index in [-0.39, 0.29) is 23.7 Å². The van der Waals surface area contributed by atoms with Crippen molar-refractivity contribution >= 4 is 28.2 Å². The first-order valence-electron chi connectivity index (χ1n) is 9.03. The normalized spacial score (nSPS) is 11.8. The maximum Gasteiger partial charge on any atom is 0.291 e. The van der Waals surface area contributed by atoms with E-state index in [2.05, 4.69) is 10.6 Å². The predicted octanol–water partition coefficient (Wildman–Crippen LogP) is 4.49. The Morgan fingerprint density at radius 3 is 2.64 bits per heavy atom. The zero-order valence-electron chi connectivity index (χ0n) is 15.5. The maximum absolute atomic E-state index is 12.2. The fourth-order valence-corrected chi connectivity index (χ4v) is 3.37. The zero-order chi connectivity index (χ0) is 19.8. The number of thiophene rings is 1. The lowest BCUT2D eigenvalue weighted by Gasteiger charge is -2.13. The Kier molecular flexibility index (Phi) is 7.00. The van der Waals surface area contributed by atoms with E-state index in [1.54, 1.807) is 24.3 Å². The molecule has 0 aliphatic rings. The third-order valence-electron chi connectivity index (χ3n) is 4.05. The zero-order valence-corrected chi connectivity index (χ0v) is 16.3. The topological polar surface area (TPSA) is 80.6 Å². The molecule has 28 heavy (non-hydrogen) atoms. The molecule has 2 aromatic heterocycles. The van der Waals surface area contributed by atoms with Crippen LogP contribution in [-0.2, 0) is 4.74 Å². The van der Waals surface area contributed by atoms with Crippen molar-refractivity contribution in [2.45, 2.75) is 19.4 Å². The van der Waals surface area contributed by atoms with Crippen molar-refractivity contribution in [2.24, 2.45) is 0 Å². The minimum Gasteiger partial charge on any atom is -0.459 e. The number of ether oxygens (including phenoxy) is 1. The maximum atomic E-state index is 12.2. The molecule has 146 valence electrons. The van der Waals surface area contributed by atoms with Gasteiger partial charge in [0.25, 0.3) is 11.8 Å². The van der Waals surface area contributed by atoms with Crippen LogP contribution in [0.15, 0.2) is 65.3 Å². The number of carbonyl (C=O) groups excluding carboxylic acids is 2. The average molecular weight is 398 g/mol. The first-order valence-corrected chi connectivity index (χ1v) is 9.84. The van der Waals surface area contributed by atoms with Gasteiger partial charge >= 0.3 is 0 Å². The van der Waals surface area contributed by atoms with E-state index >= 15 is 0 Å². The summed E-state index contributed by atoms with van der Waals surface area (Å²) >= 11 is 1.22. The first kappa shape index (κ1) is 19.9. The van der Waals surface area contributed by atoms with Crippen LogP contribution in [-0.4, -0.2) is 25.0 Å². The highest BCUT2D eigenvalue weighted by Crippen LogP contribution is 2.22. The van der Waals surface area contributed by atoms with Gasteiger partial charge in [0.2, 0.25) is 0 Å². The van der Waals surface area contributed by atoms with E-state index < -0.39 is 0 Å². The summed E-state index contributed by atoms with van der Waals surface area (Å²) < 4.78 is 10.8. The van der Waals surface area contributed by atoms with E-state index in [1.165, 1.54) is 17.6 Å². The van der Waals surface area contributed by atoms with Crippen LogP contribution in [0.2, 0.25) is 0 Å². The summed E-state index contributed by atoms with van der Waals surface area (Å²) in [6.45, 7) is 3.09. The Morgan fingerprint density at radius 2 is 1.89 bits per heavy atom. The molecule has 1 unspecified atom stereocenters. The molecule has 6 nitrogen and oxygen atoms in total. The highest BCUT2D eigenvalue weighted by Gasteiger charge is 2.13. The Bertz CT molecular complexity index is 890. The largest absolute Gasteiger partial charge is 0.459 e. The minimum atomic E-state index is -0.344. The first-order chi connectivity index (χ1) is 13.6. The van der Waals surface area contributed by atoms with Crippen LogP contribution >= 0.6 is 11.3 Å². The van der Waals surface area contributed by atoms with Gasteiger partial charge in [-0.05, 0) is 43.2 Å². The van der Waals surface area contributed by atoms with Gasteiger partial charge in [0, 0.05) is 13.2 Å². The number of benzene rings is 1. The summed E-state index contributed by atoms with van der Waals surface area (Å²) in [6, 6.07) is 16.6. The number of carbonyl (C=O) groups is 2. The molecule has 1 atom stereocenters. The van der Waals surface area contributed by atoms with E-state index in [0.29, 0.717) is 23.0 Å². The van der Waals surface area contributed by atoms with Crippen LogP contribution in [0, 0.1) is 0 Å². The highest BCUT2D eigenvalue weighted by atomic mass is 32.1. The van der Waals surface area contributed by atoms with Crippen molar-refractivity contribution in [3.05, 3.63) is 77.1 Å². The lowest BCUT2D eigenvalue weighted by atomic mass is 10.1. The molecule has 2 amide bonds. The van der Waals surface area contributed by atoms with E-state index in [0.717, 1.165) is 12.0 Å². The van der Waals surface area contributed by atoms with Gasteiger partial charge < -0.3 is 19.8 Å². The highest BCUT2D eigenvalue weighted by molar-refractivity contribution is 7.18. The molecule has 2 heterocycles. The molecule has 0 aliphatic heterocycles. The molecule has 3 rings (SSSR count). The summed E-state index contributed by atoms with van der Waals surface area (Å²) in [5.41, 5.74) is 1.13. The predicted molar refractivity (Wildman–Crippen MR) is 109 cm³/mol. The molecule has 3 aromatic rings. The summed E-state index contributed by atoms with van der Waals surface area (Å²) in [7, 11) is 0. The summed E-state index contributed by atoms with van der Waals surface area (Å²) in [6.07, 6.45) is 2.18. The lowest BCUT2D eigenvalue weighted by molar-refractivity contribution is 0.0635. The number of amides is 2. The molecule has 7 heteroatoms. The van der Waals surface area contributed by atoms with Crippen LogP contribution in [0.1, 0.15) is 45.2 Å². The Balaban J connectivity index is 1.37. The van der Waals surface area contributed by atoms with Crippen molar-refractivity contribution in [2.75, 3.05) is 18.5 Å². The minimum absolute atomic E-state index is 0.0227. The number of hydrogen-bond donors (Lipinski definition) is 2. The van der Waals surface area contributed by atoms with Crippen LogP contribution in [0.4, 0.5) is 5.00 Å². The molecular weight excluding hydrogens is 376 g/mol. The van der Waals surface area contributed by atoms with Crippen molar-refractivity contribution in [3.8, 4) is 0 Å². The molecule has 0 fully saturated rings. The number of rotatable bonds is 9. The number of hydrogen-bond acceptors (Lipinski definition) is 5. The SMILES string of the molecule is CC(OCCCNC(=O)c1ccc(NC(=O)c2ccco2)s1)c1ccccc1. The second-order valence-electron chi connectivity index (χ2n) is 6.13. The fraction of sp³-hybridized carbons (Fsp3) is 0.238. The van der Waals surface area contributed by atoms with Crippen LogP contribution < -0.4 is 10.6 Å². The molecule has 0 bridgehead atoms. The molecule has 0 aliphatic carbocycles. The van der Waals surface area contributed by atoms with E-state index in [1.807, 2.05) is 37.3 Å². The van der Waals surface area contributed by atoms with Crippen LogP contribution in [0.5, 0.6) is 0 Å². The van der Waals surface area contributed by atoms with Crippen LogP contribution in [0.25, 0.3) is 0 Å². The Labute approximate surface area is 167 Å². The monoisotopic (exact) mass is 398 g/mol. The molecule has 1 aromatic carbocycles. The van der Waals surface area contributed by atoms with Gasteiger partial charge in [-0.2, -0.15) is 0 Å². The lowest BCUT2D eigenvalue weighted by Crippen LogP contribution is -2.24. The summed E-state index contributed by atoms with van der Waals surface area (Å²) in [5, 5.41) is 6.17. The molecule has 0 radical (unpaired) electrons. The van der Waals surface area contributed by atoms with Gasteiger partial charge in [-0.25, -0.2) is 0 Å². The standard InChI is InChI=1S/C21H22N2O4S/c1-15(16-7-3-2-4-8-16)26-14-6-12-22-21(25)18-10-11-19(28-18)23-20(24)17-9-5-13-27-17/h2-5,7-11,13,15H,6,12,14H2,1H3,(H,22,25)(H,23,24). The smallest absolute Gasteiger partial charge is 0.291 e. The van der Waals surface area contributed by atoms with Gasteiger partial charge in [-0.15, -0.1) is 11.3 Å².